The highest BCUT2D eigenvalue weighted by atomic mass is 19.1. The summed E-state index contributed by atoms with van der Waals surface area (Å²) in [5.41, 5.74) is 11.4. The second kappa shape index (κ2) is 5.48. The quantitative estimate of drug-likeness (QED) is 0.863. The molecule has 0 saturated heterocycles. The van der Waals surface area contributed by atoms with Gasteiger partial charge < -0.3 is 11.5 Å². The number of carbonyl (C=O) groups excluding carboxylic acids is 1. The summed E-state index contributed by atoms with van der Waals surface area (Å²) in [4.78, 5) is 11.1. The largest absolute Gasteiger partial charge is 0.366 e. The number of amides is 1. The van der Waals surface area contributed by atoms with Crippen LogP contribution in [0.15, 0.2) is 18.2 Å². The average molecular weight is 250 g/mol. The highest BCUT2D eigenvalue weighted by Gasteiger charge is 2.25. The van der Waals surface area contributed by atoms with Gasteiger partial charge in [0.25, 0.3) is 5.91 Å². The van der Waals surface area contributed by atoms with Gasteiger partial charge in [0.15, 0.2) is 0 Å². The van der Waals surface area contributed by atoms with Gasteiger partial charge in [-0.3, -0.25) is 4.79 Å². The zero-order chi connectivity index (χ0) is 13.1. The van der Waals surface area contributed by atoms with E-state index in [1.165, 1.54) is 6.07 Å². The Morgan fingerprint density at radius 3 is 2.50 bits per heavy atom. The lowest BCUT2D eigenvalue weighted by Gasteiger charge is -2.28. The van der Waals surface area contributed by atoms with Gasteiger partial charge in [-0.2, -0.15) is 0 Å². The lowest BCUT2D eigenvalue weighted by molar-refractivity contribution is 0.0996. The van der Waals surface area contributed by atoms with Crippen LogP contribution < -0.4 is 11.5 Å². The van der Waals surface area contributed by atoms with Crippen LogP contribution in [0, 0.1) is 11.7 Å². The molecule has 0 atom stereocenters. The van der Waals surface area contributed by atoms with Gasteiger partial charge in [-0.1, -0.05) is 12.1 Å². The zero-order valence-corrected chi connectivity index (χ0v) is 10.4. The number of primary amides is 1. The predicted octanol–water partition coefficient (Wildman–Crippen LogP) is 2.16. The Kier molecular flexibility index (Phi) is 3.97. The van der Waals surface area contributed by atoms with Gasteiger partial charge in [0.05, 0.1) is 5.56 Å². The van der Waals surface area contributed by atoms with Crippen molar-refractivity contribution >= 4 is 5.91 Å². The molecule has 1 aromatic carbocycles. The summed E-state index contributed by atoms with van der Waals surface area (Å²) >= 11 is 0. The molecule has 4 N–H and O–H groups in total. The fourth-order valence-electron chi connectivity index (χ4n) is 2.76. The van der Waals surface area contributed by atoms with Crippen molar-refractivity contribution in [3.8, 4) is 0 Å². The second-order valence-corrected chi connectivity index (χ2v) is 5.03. The first-order valence-electron chi connectivity index (χ1n) is 6.41. The van der Waals surface area contributed by atoms with Gasteiger partial charge in [0.2, 0.25) is 0 Å². The average Bonchev–Trinajstić information content (AvgIpc) is 2.39. The summed E-state index contributed by atoms with van der Waals surface area (Å²) in [7, 11) is 0. The van der Waals surface area contributed by atoms with Crippen molar-refractivity contribution in [2.24, 2.45) is 17.4 Å². The van der Waals surface area contributed by atoms with Crippen LogP contribution in [0.4, 0.5) is 4.39 Å². The minimum atomic E-state index is -0.704. The predicted molar refractivity (Wildman–Crippen MR) is 68.7 cm³/mol. The summed E-state index contributed by atoms with van der Waals surface area (Å²) in [6.45, 7) is 0.705. The lowest BCUT2D eigenvalue weighted by atomic mass is 9.78. The Hall–Kier alpha value is -1.42. The van der Waals surface area contributed by atoms with Crippen LogP contribution in [0.25, 0.3) is 0 Å². The van der Waals surface area contributed by atoms with Crippen molar-refractivity contribution < 1.29 is 9.18 Å². The molecule has 0 unspecified atom stereocenters. The van der Waals surface area contributed by atoms with E-state index in [9.17, 15) is 9.18 Å². The molecular weight excluding hydrogens is 231 g/mol. The molecule has 1 saturated carbocycles. The Labute approximate surface area is 106 Å². The topological polar surface area (TPSA) is 69.1 Å². The molecule has 0 spiro atoms. The summed E-state index contributed by atoms with van der Waals surface area (Å²) in [6.07, 6.45) is 3.92. The van der Waals surface area contributed by atoms with Gasteiger partial charge >= 0.3 is 0 Å². The minimum Gasteiger partial charge on any atom is -0.366 e. The molecule has 1 fully saturated rings. The van der Waals surface area contributed by atoms with E-state index in [0.717, 1.165) is 25.7 Å². The van der Waals surface area contributed by atoms with E-state index in [4.69, 9.17) is 11.5 Å². The van der Waals surface area contributed by atoms with Crippen LogP contribution >= 0.6 is 0 Å². The number of hydrogen-bond donors (Lipinski definition) is 2. The van der Waals surface area contributed by atoms with Gasteiger partial charge in [0.1, 0.15) is 5.82 Å². The molecule has 1 amide bonds. The minimum absolute atomic E-state index is 0.00607. The van der Waals surface area contributed by atoms with Crippen LogP contribution in [-0.2, 0) is 0 Å². The van der Waals surface area contributed by atoms with E-state index in [1.54, 1.807) is 12.1 Å². The van der Waals surface area contributed by atoms with Gasteiger partial charge in [-0.15, -0.1) is 0 Å². The van der Waals surface area contributed by atoms with Crippen LogP contribution in [0.5, 0.6) is 0 Å². The van der Waals surface area contributed by atoms with E-state index in [0.29, 0.717) is 18.0 Å². The van der Waals surface area contributed by atoms with Crippen LogP contribution in [0.1, 0.15) is 47.5 Å². The molecular formula is C14H19FN2O. The fourth-order valence-corrected chi connectivity index (χ4v) is 2.76. The van der Waals surface area contributed by atoms with Crippen molar-refractivity contribution in [3.63, 3.8) is 0 Å². The van der Waals surface area contributed by atoms with Crippen molar-refractivity contribution in [2.75, 3.05) is 6.54 Å². The Morgan fingerprint density at radius 2 is 1.94 bits per heavy atom. The van der Waals surface area contributed by atoms with Gasteiger partial charge in [-0.05, 0) is 55.7 Å². The zero-order valence-electron chi connectivity index (χ0n) is 10.4. The van der Waals surface area contributed by atoms with E-state index in [1.807, 2.05) is 0 Å². The van der Waals surface area contributed by atoms with Crippen LogP contribution in [0.2, 0.25) is 0 Å². The molecule has 0 aromatic heterocycles. The normalized spacial score (nSPS) is 23.9. The van der Waals surface area contributed by atoms with Gasteiger partial charge in [0, 0.05) is 0 Å². The van der Waals surface area contributed by atoms with Crippen LogP contribution in [-0.4, -0.2) is 12.5 Å². The third kappa shape index (κ3) is 2.53. The van der Waals surface area contributed by atoms with E-state index >= 15 is 0 Å². The van der Waals surface area contributed by atoms with Crippen molar-refractivity contribution in [1.82, 2.24) is 0 Å². The van der Waals surface area contributed by atoms with E-state index < -0.39 is 11.7 Å². The first-order valence-corrected chi connectivity index (χ1v) is 6.41. The Balaban J connectivity index is 2.19. The Bertz CT molecular complexity index is 439. The monoisotopic (exact) mass is 250 g/mol. The van der Waals surface area contributed by atoms with Gasteiger partial charge in [-0.25, -0.2) is 4.39 Å². The maximum absolute atomic E-state index is 14.2. The van der Waals surface area contributed by atoms with E-state index in [-0.39, 0.29) is 11.5 Å². The summed E-state index contributed by atoms with van der Waals surface area (Å²) in [5, 5.41) is 0. The Morgan fingerprint density at radius 1 is 1.28 bits per heavy atom. The van der Waals surface area contributed by atoms with Crippen molar-refractivity contribution in [1.29, 1.82) is 0 Å². The first kappa shape index (κ1) is 13.0. The molecule has 18 heavy (non-hydrogen) atoms. The number of rotatable bonds is 3. The van der Waals surface area contributed by atoms with Crippen molar-refractivity contribution in [2.45, 2.75) is 31.6 Å². The number of hydrogen-bond acceptors (Lipinski definition) is 2. The SMILES string of the molecule is NCC1CCC(c2cccc(C(N)=O)c2F)CC1. The highest BCUT2D eigenvalue weighted by Crippen LogP contribution is 2.36. The number of benzene rings is 1. The molecule has 0 radical (unpaired) electrons. The smallest absolute Gasteiger partial charge is 0.251 e. The summed E-state index contributed by atoms with van der Waals surface area (Å²) in [5.74, 6) is -0.401. The molecule has 98 valence electrons. The van der Waals surface area contributed by atoms with Crippen molar-refractivity contribution in [3.05, 3.63) is 35.1 Å². The van der Waals surface area contributed by atoms with E-state index in [2.05, 4.69) is 0 Å². The summed E-state index contributed by atoms with van der Waals surface area (Å²) < 4.78 is 14.2. The second-order valence-electron chi connectivity index (χ2n) is 5.03. The highest BCUT2D eigenvalue weighted by molar-refractivity contribution is 5.93. The van der Waals surface area contributed by atoms with Crippen LogP contribution in [0.3, 0.4) is 0 Å². The summed E-state index contributed by atoms with van der Waals surface area (Å²) in [6, 6.07) is 4.90. The molecule has 1 aliphatic rings. The molecule has 0 bridgehead atoms. The molecule has 0 aliphatic heterocycles. The number of nitrogens with two attached hydrogens (primary N) is 2. The standard InChI is InChI=1S/C14H19FN2O/c15-13-11(2-1-3-12(13)14(17)18)10-6-4-9(8-16)5-7-10/h1-3,9-10H,4-8,16H2,(H2,17,18). The third-order valence-corrected chi connectivity index (χ3v) is 3.91. The molecule has 0 heterocycles. The first-order chi connectivity index (χ1) is 8.63. The molecule has 1 aliphatic carbocycles. The molecule has 3 nitrogen and oxygen atoms in total. The molecule has 1 aromatic rings. The fraction of sp³-hybridized carbons (Fsp3) is 0.500. The number of carbonyl (C=O) groups is 1. The molecule has 2 rings (SSSR count). The lowest BCUT2D eigenvalue weighted by Crippen LogP contribution is -2.22. The maximum Gasteiger partial charge on any atom is 0.251 e. The maximum atomic E-state index is 14.2. The number of halogens is 1. The molecule has 4 heteroatoms. The third-order valence-electron chi connectivity index (χ3n) is 3.91.